The summed E-state index contributed by atoms with van der Waals surface area (Å²) < 4.78 is 1.76. The van der Waals surface area contributed by atoms with E-state index in [9.17, 15) is 4.79 Å². The molecule has 98 valence electrons. The molecule has 3 nitrogen and oxygen atoms in total. The summed E-state index contributed by atoms with van der Waals surface area (Å²) in [6.45, 7) is 0.529. The van der Waals surface area contributed by atoms with E-state index in [-0.39, 0.29) is 11.9 Å². The number of carbonyl (C=O) groups excluding carboxylic acids is 1. The van der Waals surface area contributed by atoms with Gasteiger partial charge in [-0.1, -0.05) is 15.9 Å². The first-order chi connectivity index (χ1) is 8.54. The average Bonchev–Trinajstić information content (AvgIpc) is 3.13. The summed E-state index contributed by atoms with van der Waals surface area (Å²) in [4.78, 5) is 14.2. The molecule has 2 rings (SSSR count). The summed E-state index contributed by atoms with van der Waals surface area (Å²) in [5.74, 6) is 0.606. The Morgan fingerprint density at radius 1 is 1.50 bits per heavy atom. The Labute approximate surface area is 124 Å². The zero-order valence-corrected chi connectivity index (χ0v) is 13.4. The van der Waals surface area contributed by atoms with Gasteiger partial charge in [-0.2, -0.15) is 0 Å². The van der Waals surface area contributed by atoms with Crippen molar-refractivity contribution in [3.8, 4) is 0 Å². The predicted octanol–water partition coefficient (Wildman–Crippen LogP) is 3.02. The third kappa shape index (κ3) is 2.95. The van der Waals surface area contributed by atoms with Crippen LogP contribution in [0.4, 0.5) is 0 Å². The molecule has 1 unspecified atom stereocenters. The molecule has 1 atom stereocenters. The van der Waals surface area contributed by atoms with Gasteiger partial charge in [-0.25, -0.2) is 0 Å². The molecule has 0 saturated heterocycles. The second-order valence-corrected chi connectivity index (χ2v) is 6.45. The lowest BCUT2D eigenvalue weighted by Gasteiger charge is -2.27. The summed E-state index contributed by atoms with van der Waals surface area (Å²) >= 11 is 6.81. The van der Waals surface area contributed by atoms with Crippen LogP contribution in [0.25, 0.3) is 0 Å². The Kier molecular flexibility index (Phi) is 4.45. The Morgan fingerprint density at radius 3 is 2.67 bits per heavy atom. The Morgan fingerprint density at radius 2 is 2.17 bits per heavy atom. The number of carbonyl (C=O) groups is 1. The second kappa shape index (κ2) is 5.72. The van der Waals surface area contributed by atoms with Crippen LogP contribution in [0.5, 0.6) is 0 Å². The van der Waals surface area contributed by atoms with Crippen LogP contribution in [0.3, 0.4) is 0 Å². The van der Waals surface area contributed by atoms with Crippen LogP contribution in [0, 0.1) is 5.92 Å². The number of rotatable bonds is 4. The summed E-state index contributed by atoms with van der Waals surface area (Å²) in [5.41, 5.74) is 6.46. The number of hydrogen-bond acceptors (Lipinski definition) is 2. The fourth-order valence-electron chi connectivity index (χ4n) is 2.15. The number of amides is 1. The van der Waals surface area contributed by atoms with Gasteiger partial charge in [-0.15, -0.1) is 0 Å². The van der Waals surface area contributed by atoms with Gasteiger partial charge >= 0.3 is 0 Å². The van der Waals surface area contributed by atoms with Gasteiger partial charge < -0.3 is 10.6 Å². The topological polar surface area (TPSA) is 46.3 Å². The van der Waals surface area contributed by atoms with Crippen molar-refractivity contribution in [3.05, 3.63) is 32.7 Å². The molecular weight excluding hydrogens is 360 g/mol. The molecule has 1 aromatic carbocycles. The van der Waals surface area contributed by atoms with Crippen molar-refractivity contribution < 1.29 is 4.79 Å². The van der Waals surface area contributed by atoms with E-state index in [2.05, 4.69) is 31.9 Å². The first kappa shape index (κ1) is 14.0. The largest absolute Gasteiger partial charge is 0.337 e. The maximum atomic E-state index is 12.4. The number of likely N-dealkylation sites (N-methyl/N-ethyl adjacent to an activating group) is 1. The predicted molar refractivity (Wildman–Crippen MR) is 79.5 cm³/mol. The van der Waals surface area contributed by atoms with Gasteiger partial charge in [0, 0.05) is 28.6 Å². The number of halogens is 2. The molecular formula is C13H16Br2N2O. The minimum Gasteiger partial charge on any atom is -0.337 e. The maximum absolute atomic E-state index is 12.4. The summed E-state index contributed by atoms with van der Waals surface area (Å²) in [6, 6.07) is 5.75. The van der Waals surface area contributed by atoms with E-state index >= 15 is 0 Å². The van der Waals surface area contributed by atoms with Crippen LogP contribution < -0.4 is 5.73 Å². The van der Waals surface area contributed by atoms with Gasteiger partial charge in [-0.05, 0) is 52.9 Å². The van der Waals surface area contributed by atoms with Gasteiger partial charge in [0.2, 0.25) is 0 Å². The molecule has 0 radical (unpaired) electrons. The lowest BCUT2D eigenvalue weighted by molar-refractivity contribution is 0.0717. The lowest BCUT2D eigenvalue weighted by atomic mass is 10.1. The zero-order valence-electron chi connectivity index (χ0n) is 10.2. The fraction of sp³-hybridized carbons (Fsp3) is 0.462. The molecule has 0 heterocycles. The van der Waals surface area contributed by atoms with Crippen LogP contribution in [0.1, 0.15) is 23.2 Å². The standard InChI is InChI=1S/C13H16Br2N2O/c1-17(12(7-16)8-2-3-8)13(18)10-5-4-9(14)6-11(10)15/h4-6,8,12H,2-3,7,16H2,1H3. The molecule has 1 aromatic rings. The fourth-order valence-corrected chi connectivity index (χ4v) is 3.37. The Hall–Kier alpha value is -0.390. The van der Waals surface area contributed by atoms with Gasteiger partial charge in [0.15, 0.2) is 0 Å². The van der Waals surface area contributed by atoms with Gasteiger partial charge in [0.25, 0.3) is 5.91 Å². The number of nitrogens with two attached hydrogens (primary N) is 1. The summed E-state index contributed by atoms with van der Waals surface area (Å²) in [5, 5.41) is 0. The number of hydrogen-bond donors (Lipinski definition) is 1. The van der Waals surface area contributed by atoms with Crippen molar-refractivity contribution in [1.82, 2.24) is 4.90 Å². The molecule has 1 amide bonds. The number of nitrogens with zero attached hydrogens (tertiary/aromatic N) is 1. The highest BCUT2D eigenvalue weighted by atomic mass is 79.9. The smallest absolute Gasteiger partial charge is 0.255 e. The van der Waals surface area contributed by atoms with Crippen molar-refractivity contribution in [2.45, 2.75) is 18.9 Å². The van der Waals surface area contributed by atoms with Crippen LogP contribution >= 0.6 is 31.9 Å². The first-order valence-electron chi connectivity index (χ1n) is 5.97. The quantitative estimate of drug-likeness (QED) is 0.879. The molecule has 2 N–H and O–H groups in total. The third-order valence-electron chi connectivity index (χ3n) is 3.39. The van der Waals surface area contributed by atoms with Crippen molar-refractivity contribution in [1.29, 1.82) is 0 Å². The van der Waals surface area contributed by atoms with Crippen LogP contribution in [0.15, 0.2) is 27.1 Å². The summed E-state index contributed by atoms with van der Waals surface area (Å²) in [6.07, 6.45) is 2.36. The lowest BCUT2D eigenvalue weighted by Crippen LogP contribution is -2.43. The average molecular weight is 376 g/mol. The monoisotopic (exact) mass is 374 g/mol. The van der Waals surface area contributed by atoms with E-state index in [1.54, 1.807) is 4.90 Å². The Balaban J connectivity index is 2.19. The number of benzene rings is 1. The minimum absolute atomic E-state index is 0.0247. The normalized spacial score (nSPS) is 16.4. The molecule has 1 aliphatic carbocycles. The van der Waals surface area contributed by atoms with Crippen molar-refractivity contribution in [2.24, 2.45) is 11.7 Å². The highest BCUT2D eigenvalue weighted by molar-refractivity contribution is 9.11. The van der Waals surface area contributed by atoms with Crippen molar-refractivity contribution >= 4 is 37.8 Å². The minimum atomic E-state index is 0.0247. The second-order valence-electron chi connectivity index (χ2n) is 4.68. The van der Waals surface area contributed by atoms with Crippen LogP contribution in [-0.4, -0.2) is 30.4 Å². The molecule has 5 heteroatoms. The van der Waals surface area contributed by atoms with Gasteiger partial charge in [0.1, 0.15) is 0 Å². The molecule has 1 aliphatic rings. The summed E-state index contributed by atoms with van der Waals surface area (Å²) in [7, 11) is 1.84. The molecule has 0 spiro atoms. The molecule has 1 saturated carbocycles. The Bertz CT molecular complexity index is 460. The van der Waals surface area contributed by atoms with E-state index in [4.69, 9.17) is 5.73 Å². The molecule has 0 aliphatic heterocycles. The third-order valence-corrected chi connectivity index (χ3v) is 4.54. The molecule has 18 heavy (non-hydrogen) atoms. The van der Waals surface area contributed by atoms with E-state index in [0.717, 1.165) is 8.95 Å². The van der Waals surface area contributed by atoms with Crippen molar-refractivity contribution in [2.75, 3.05) is 13.6 Å². The van der Waals surface area contributed by atoms with E-state index < -0.39 is 0 Å². The van der Waals surface area contributed by atoms with E-state index in [1.807, 2.05) is 25.2 Å². The molecule has 0 aromatic heterocycles. The molecule has 1 fully saturated rings. The highest BCUT2D eigenvalue weighted by Gasteiger charge is 2.35. The van der Waals surface area contributed by atoms with E-state index in [1.165, 1.54) is 12.8 Å². The van der Waals surface area contributed by atoms with Crippen LogP contribution in [0.2, 0.25) is 0 Å². The zero-order chi connectivity index (χ0) is 13.3. The molecule has 0 bridgehead atoms. The van der Waals surface area contributed by atoms with Crippen molar-refractivity contribution in [3.63, 3.8) is 0 Å². The van der Waals surface area contributed by atoms with Gasteiger partial charge in [0.05, 0.1) is 5.56 Å². The van der Waals surface area contributed by atoms with Crippen LogP contribution in [-0.2, 0) is 0 Å². The van der Waals surface area contributed by atoms with E-state index in [0.29, 0.717) is 18.0 Å². The first-order valence-corrected chi connectivity index (χ1v) is 7.55. The SMILES string of the molecule is CN(C(=O)c1ccc(Br)cc1Br)C(CN)C1CC1. The van der Waals surface area contributed by atoms with Gasteiger partial charge in [-0.3, -0.25) is 4.79 Å². The maximum Gasteiger partial charge on any atom is 0.255 e. The highest BCUT2D eigenvalue weighted by Crippen LogP contribution is 2.35.